The first-order valence-electron chi connectivity index (χ1n) is 5.94. The molecule has 7 heteroatoms. The highest BCUT2D eigenvalue weighted by atomic mass is 19.3. The van der Waals surface area contributed by atoms with Gasteiger partial charge >= 0.3 is 6.61 Å². The Labute approximate surface area is 109 Å². The van der Waals surface area contributed by atoms with Gasteiger partial charge in [-0.3, -0.25) is 0 Å². The summed E-state index contributed by atoms with van der Waals surface area (Å²) < 4.78 is 42.0. The van der Waals surface area contributed by atoms with Crippen molar-refractivity contribution in [2.24, 2.45) is 0 Å². The maximum Gasteiger partial charge on any atom is 0.387 e. The molecule has 1 aromatic carbocycles. The van der Waals surface area contributed by atoms with E-state index in [4.69, 9.17) is 5.73 Å². The number of nitrogens with zero attached hydrogens (tertiary/aromatic N) is 2. The number of likely N-dealkylation sites (N-methyl/N-ethyl adjacent to an activating group) is 1. The van der Waals surface area contributed by atoms with E-state index < -0.39 is 18.2 Å². The van der Waals surface area contributed by atoms with Crippen molar-refractivity contribution < 1.29 is 17.9 Å². The number of halogens is 3. The van der Waals surface area contributed by atoms with Gasteiger partial charge in [0.15, 0.2) is 11.6 Å². The monoisotopic (exact) mass is 275 g/mol. The van der Waals surface area contributed by atoms with Gasteiger partial charge in [-0.1, -0.05) is 0 Å². The number of hydrogen-bond donors (Lipinski definition) is 1. The van der Waals surface area contributed by atoms with Crippen LogP contribution >= 0.6 is 0 Å². The first kappa shape index (κ1) is 13.8. The smallest absolute Gasteiger partial charge is 0.387 e. The Kier molecular flexibility index (Phi) is 4.04. The number of anilines is 2. The van der Waals surface area contributed by atoms with Crippen molar-refractivity contribution in [3.05, 3.63) is 17.9 Å². The zero-order valence-electron chi connectivity index (χ0n) is 10.6. The van der Waals surface area contributed by atoms with Crippen LogP contribution in [0.25, 0.3) is 0 Å². The molecule has 0 radical (unpaired) electrons. The molecule has 1 aliphatic heterocycles. The highest BCUT2D eigenvalue weighted by Crippen LogP contribution is 2.32. The fourth-order valence-electron chi connectivity index (χ4n) is 2.07. The molecule has 2 rings (SSSR count). The molecular formula is C12H16F3N3O. The largest absolute Gasteiger partial charge is 0.432 e. The summed E-state index contributed by atoms with van der Waals surface area (Å²) in [7, 11) is 2.00. The fourth-order valence-corrected chi connectivity index (χ4v) is 2.07. The van der Waals surface area contributed by atoms with Crippen LogP contribution in [0.3, 0.4) is 0 Å². The van der Waals surface area contributed by atoms with Gasteiger partial charge in [0, 0.05) is 38.3 Å². The maximum atomic E-state index is 13.5. The summed E-state index contributed by atoms with van der Waals surface area (Å²) in [4.78, 5) is 4.08. The highest BCUT2D eigenvalue weighted by Gasteiger charge is 2.20. The minimum Gasteiger partial charge on any atom is -0.432 e. The molecule has 4 nitrogen and oxygen atoms in total. The van der Waals surface area contributed by atoms with Crippen LogP contribution in [0.15, 0.2) is 12.1 Å². The highest BCUT2D eigenvalue weighted by molar-refractivity contribution is 5.70. The fraction of sp³-hybridized carbons (Fsp3) is 0.500. The van der Waals surface area contributed by atoms with Crippen LogP contribution in [0.2, 0.25) is 0 Å². The summed E-state index contributed by atoms with van der Waals surface area (Å²) in [6, 6.07) is 2.26. The van der Waals surface area contributed by atoms with Crippen molar-refractivity contribution in [2.45, 2.75) is 6.61 Å². The van der Waals surface area contributed by atoms with Crippen molar-refractivity contribution in [3.63, 3.8) is 0 Å². The number of nitrogen functional groups attached to an aromatic ring is 1. The second-order valence-corrected chi connectivity index (χ2v) is 4.51. The number of hydrogen-bond acceptors (Lipinski definition) is 4. The summed E-state index contributed by atoms with van der Waals surface area (Å²) in [6.07, 6.45) is 0. The van der Waals surface area contributed by atoms with E-state index in [1.807, 2.05) is 11.9 Å². The van der Waals surface area contributed by atoms with Crippen molar-refractivity contribution in [1.29, 1.82) is 0 Å². The van der Waals surface area contributed by atoms with Crippen LogP contribution in [0, 0.1) is 5.82 Å². The lowest BCUT2D eigenvalue weighted by Crippen LogP contribution is -2.44. The van der Waals surface area contributed by atoms with Crippen molar-refractivity contribution in [2.75, 3.05) is 43.9 Å². The summed E-state index contributed by atoms with van der Waals surface area (Å²) in [5.41, 5.74) is 6.51. The van der Waals surface area contributed by atoms with Crippen LogP contribution < -0.4 is 15.4 Å². The molecule has 1 fully saturated rings. The van der Waals surface area contributed by atoms with Crippen LogP contribution in [0.1, 0.15) is 0 Å². The van der Waals surface area contributed by atoms with E-state index in [2.05, 4.69) is 9.64 Å². The number of piperazine rings is 1. The molecule has 1 saturated heterocycles. The van der Waals surface area contributed by atoms with E-state index in [0.29, 0.717) is 18.8 Å². The molecule has 0 unspecified atom stereocenters. The Bertz CT molecular complexity index is 448. The first-order chi connectivity index (χ1) is 8.97. The van der Waals surface area contributed by atoms with Gasteiger partial charge < -0.3 is 20.3 Å². The van der Waals surface area contributed by atoms with E-state index in [9.17, 15) is 13.2 Å². The second kappa shape index (κ2) is 5.56. The lowest BCUT2D eigenvalue weighted by atomic mass is 10.2. The van der Waals surface area contributed by atoms with Gasteiger partial charge in [0.05, 0.1) is 11.4 Å². The Morgan fingerprint density at radius 3 is 2.42 bits per heavy atom. The molecule has 0 aliphatic carbocycles. The molecule has 0 aromatic heterocycles. The van der Waals surface area contributed by atoms with Crippen LogP contribution in [-0.2, 0) is 0 Å². The van der Waals surface area contributed by atoms with Gasteiger partial charge in [-0.2, -0.15) is 8.78 Å². The molecule has 0 saturated carbocycles. The predicted octanol–water partition coefficient (Wildman–Crippen LogP) is 1.76. The molecule has 0 spiro atoms. The van der Waals surface area contributed by atoms with Crippen molar-refractivity contribution in [1.82, 2.24) is 4.90 Å². The lowest BCUT2D eigenvalue weighted by Gasteiger charge is -2.34. The van der Waals surface area contributed by atoms with Crippen LogP contribution in [-0.4, -0.2) is 44.7 Å². The SMILES string of the molecule is CN1CCN(c2cc(OC(F)F)c(F)cc2N)CC1. The zero-order chi connectivity index (χ0) is 14.0. The Morgan fingerprint density at radius 2 is 1.84 bits per heavy atom. The number of ether oxygens (including phenoxy) is 1. The maximum absolute atomic E-state index is 13.5. The molecular weight excluding hydrogens is 259 g/mol. The van der Waals surface area contributed by atoms with Crippen LogP contribution in [0.5, 0.6) is 5.75 Å². The lowest BCUT2D eigenvalue weighted by molar-refractivity contribution is -0.0521. The third kappa shape index (κ3) is 3.23. The van der Waals surface area contributed by atoms with Gasteiger partial charge in [-0.05, 0) is 7.05 Å². The number of nitrogens with two attached hydrogens (primary N) is 1. The van der Waals surface area contributed by atoms with Gasteiger partial charge in [-0.25, -0.2) is 4.39 Å². The van der Waals surface area contributed by atoms with Gasteiger partial charge in [0.25, 0.3) is 0 Å². The molecule has 19 heavy (non-hydrogen) atoms. The van der Waals surface area contributed by atoms with E-state index in [0.717, 1.165) is 19.2 Å². The standard InChI is InChI=1S/C12H16F3N3O/c1-17-2-4-18(5-3-17)10-7-11(19-12(14)15)8(13)6-9(10)16/h6-7,12H,2-5,16H2,1H3. The summed E-state index contributed by atoms with van der Waals surface area (Å²) in [5.74, 6) is -1.35. The van der Waals surface area contributed by atoms with Gasteiger partial charge in [-0.15, -0.1) is 0 Å². The Hall–Kier alpha value is -1.63. The predicted molar refractivity (Wildman–Crippen MR) is 67.2 cm³/mol. The van der Waals surface area contributed by atoms with E-state index in [-0.39, 0.29) is 5.69 Å². The molecule has 0 amide bonds. The van der Waals surface area contributed by atoms with Crippen molar-refractivity contribution in [3.8, 4) is 5.75 Å². The molecule has 106 valence electrons. The summed E-state index contributed by atoms with van der Waals surface area (Å²) in [6.45, 7) is 0.0309. The number of benzene rings is 1. The molecule has 2 N–H and O–H groups in total. The molecule has 0 atom stereocenters. The molecule has 0 bridgehead atoms. The van der Waals surface area contributed by atoms with Crippen LogP contribution in [0.4, 0.5) is 24.5 Å². The van der Waals surface area contributed by atoms with E-state index >= 15 is 0 Å². The Balaban J connectivity index is 2.24. The molecule has 1 aliphatic rings. The minimum atomic E-state index is -3.06. The Morgan fingerprint density at radius 1 is 1.21 bits per heavy atom. The zero-order valence-corrected chi connectivity index (χ0v) is 10.6. The molecule has 1 aromatic rings. The molecule has 1 heterocycles. The quantitative estimate of drug-likeness (QED) is 0.854. The average molecular weight is 275 g/mol. The summed E-state index contributed by atoms with van der Waals surface area (Å²) in [5, 5.41) is 0. The third-order valence-electron chi connectivity index (χ3n) is 3.14. The first-order valence-corrected chi connectivity index (χ1v) is 5.94. The third-order valence-corrected chi connectivity index (χ3v) is 3.14. The summed E-state index contributed by atoms with van der Waals surface area (Å²) >= 11 is 0. The normalized spacial score (nSPS) is 17.0. The van der Waals surface area contributed by atoms with Crippen molar-refractivity contribution >= 4 is 11.4 Å². The minimum absolute atomic E-state index is 0.226. The van der Waals surface area contributed by atoms with Gasteiger partial charge in [0.2, 0.25) is 0 Å². The second-order valence-electron chi connectivity index (χ2n) is 4.51. The van der Waals surface area contributed by atoms with Gasteiger partial charge in [0.1, 0.15) is 0 Å². The van der Waals surface area contributed by atoms with E-state index in [1.54, 1.807) is 0 Å². The van der Waals surface area contributed by atoms with E-state index in [1.165, 1.54) is 6.07 Å². The topological polar surface area (TPSA) is 41.7 Å². The number of alkyl halides is 2. The number of rotatable bonds is 3. The average Bonchev–Trinajstić information content (AvgIpc) is 2.33.